The Kier molecular flexibility index (Phi) is 6.19. The van der Waals surface area contributed by atoms with Crippen molar-refractivity contribution in [2.45, 2.75) is 19.4 Å². The van der Waals surface area contributed by atoms with E-state index < -0.39 is 0 Å². The molecular formula is C21H23Cl2NO. The molecule has 0 saturated heterocycles. The van der Waals surface area contributed by atoms with Gasteiger partial charge >= 0.3 is 0 Å². The number of rotatable bonds is 5. The molecule has 132 valence electrons. The maximum absolute atomic E-state index is 9.73. The Balaban J connectivity index is 1.79. The van der Waals surface area contributed by atoms with Crippen LogP contribution in [0.15, 0.2) is 54.6 Å². The molecule has 0 bridgehead atoms. The first-order chi connectivity index (χ1) is 12.1. The zero-order valence-electron chi connectivity index (χ0n) is 14.3. The van der Waals surface area contributed by atoms with Crippen molar-refractivity contribution >= 4 is 28.8 Å². The monoisotopic (exact) mass is 375 g/mol. The quantitative estimate of drug-likeness (QED) is 0.750. The Morgan fingerprint density at radius 3 is 2.12 bits per heavy atom. The third-order valence-corrected chi connectivity index (χ3v) is 5.39. The molecule has 0 aliphatic carbocycles. The number of hydrogen-bond acceptors (Lipinski definition) is 2. The predicted octanol–water partition coefficient (Wildman–Crippen LogP) is 5.45. The molecule has 3 rings (SSSR count). The average molecular weight is 376 g/mol. The van der Waals surface area contributed by atoms with Crippen LogP contribution in [0, 0.1) is 5.92 Å². The van der Waals surface area contributed by atoms with E-state index in [1.807, 2.05) is 24.3 Å². The molecule has 1 aliphatic heterocycles. The highest BCUT2D eigenvalue weighted by Crippen LogP contribution is 2.33. The highest BCUT2D eigenvalue weighted by atomic mass is 35.5. The van der Waals surface area contributed by atoms with Gasteiger partial charge in [-0.3, -0.25) is 4.90 Å². The van der Waals surface area contributed by atoms with E-state index in [-0.39, 0.29) is 18.6 Å². The normalized spacial score (nSPS) is 17.8. The fourth-order valence-corrected chi connectivity index (χ4v) is 3.77. The molecule has 4 heteroatoms. The lowest BCUT2D eigenvalue weighted by Gasteiger charge is -2.37. The molecule has 2 unspecified atom stereocenters. The van der Waals surface area contributed by atoms with Gasteiger partial charge in [-0.05, 0) is 53.3 Å². The third-order valence-electron chi connectivity index (χ3n) is 4.89. The second-order valence-electron chi connectivity index (χ2n) is 6.64. The number of aliphatic hydroxyl groups excluding tert-OH is 1. The molecule has 0 saturated carbocycles. The van der Waals surface area contributed by atoms with E-state index in [9.17, 15) is 5.11 Å². The predicted molar refractivity (Wildman–Crippen MR) is 106 cm³/mol. The van der Waals surface area contributed by atoms with Crippen LogP contribution in [-0.2, 0) is 0 Å². The molecule has 0 radical (unpaired) electrons. The van der Waals surface area contributed by atoms with Crippen LogP contribution >= 0.6 is 23.2 Å². The van der Waals surface area contributed by atoms with Crippen molar-refractivity contribution in [1.82, 2.24) is 4.90 Å². The molecule has 0 spiro atoms. The van der Waals surface area contributed by atoms with Gasteiger partial charge < -0.3 is 5.11 Å². The van der Waals surface area contributed by atoms with Crippen LogP contribution < -0.4 is 0 Å². The molecular weight excluding hydrogens is 353 g/mol. The summed E-state index contributed by atoms with van der Waals surface area (Å²) >= 11 is 12.0. The minimum Gasteiger partial charge on any atom is -0.396 e. The van der Waals surface area contributed by atoms with Crippen molar-refractivity contribution < 1.29 is 5.11 Å². The lowest BCUT2D eigenvalue weighted by molar-refractivity contribution is 0.114. The van der Waals surface area contributed by atoms with E-state index in [4.69, 9.17) is 23.2 Å². The highest BCUT2D eigenvalue weighted by Gasteiger charge is 2.27. The fraction of sp³-hybridized carbons (Fsp3) is 0.333. The number of benzene rings is 2. The number of hydrogen-bond donors (Lipinski definition) is 1. The summed E-state index contributed by atoms with van der Waals surface area (Å²) in [4.78, 5) is 2.43. The Bertz CT molecular complexity index is 725. The maximum Gasteiger partial charge on any atom is 0.0474 e. The van der Waals surface area contributed by atoms with Gasteiger partial charge in [-0.25, -0.2) is 0 Å². The Morgan fingerprint density at radius 2 is 1.60 bits per heavy atom. The van der Waals surface area contributed by atoms with Gasteiger partial charge in [-0.1, -0.05) is 60.5 Å². The van der Waals surface area contributed by atoms with Gasteiger partial charge in [0.15, 0.2) is 0 Å². The minimum atomic E-state index is 0.159. The topological polar surface area (TPSA) is 23.5 Å². The summed E-state index contributed by atoms with van der Waals surface area (Å²) in [6.45, 7) is 4.09. The maximum atomic E-state index is 9.73. The summed E-state index contributed by atoms with van der Waals surface area (Å²) in [6.07, 6.45) is 3.28. The summed E-state index contributed by atoms with van der Waals surface area (Å²) in [6, 6.07) is 16.2. The van der Waals surface area contributed by atoms with Crippen LogP contribution in [0.1, 0.15) is 30.5 Å². The van der Waals surface area contributed by atoms with Crippen LogP contribution in [0.5, 0.6) is 0 Å². The van der Waals surface area contributed by atoms with Crippen molar-refractivity contribution in [1.29, 1.82) is 0 Å². The van der Waals surface area contributed by atoms with E-state index in [1.54, 1.807) is 0 Å². The van der Waals surface area contributed by atoms with E-state index in [2.05, 4.69) is 42.2 Å². The van der Waals surface area contributed by atoms with Gasteiger partial charge in [0.2, 0.25) is 0 Å². The number of aliphatic hydroxyl groups is 1. The first-order valence-electron chi connectivity index (χ1n) is 8.64. The molecule has 2 nitrogen and oxygen atoms in total. The molecule has 1 aliphatic rings. The summed E-state index contributed by atoms with van der Waals surface area (Å²) in [5, 5.41) is 11.2. The molecule has 25 heavy (non-hydrogen) atoms. The van der Waals surface area contributed by atoms with Crippen LogP contribution in [-0.4, -0.2) is 29.7 Å². The minimum absolute atomic E-state index is 0.159. The zero-order valence-corrected chi connectivity index (χ0v) is 15.8. The molecule has 2 aromatic rings. The largest absolute Gasteiger partial charge is 0.396 e. The molecule has 1 N–H and O–H groups in total. The van der Waals surface area contributed by atoms with Crippen LogP contribution in [0.4, 0.5) is 0 Å². The van der Waals surface area contributed by atoms with E-state index >= 15 is 0 Å². The Hall–Kier alpha value is -1.32. The molecule has 2 aromatic carbocycles. The van der Waals surface area contributed by atoms with Crippen LogP contribution in [0.25, 0.3) is 5.57 Å². The van der Waals surface area contributed by atoms with Gasteiger partial charge in [0.1, 0.15) is 0 Å². The summed E-state index contributed by atoms with van der Waals surface area (Å²) < 4.78 is 0. The smallest absolute Gasteiger partial charge is 0.0474 e. The standard InChI is InChI=1S/C21H23Cl2NO/c1-15(14-25)21(18-4-8-20(23)9-5-18)24-12-10-17(11-13-24)16-2-6-19(22)7-3-16/h2-10,15,21,25H,11-14H2,1H3. The van der Waals surface area contributed by atoms with E-state index in [0.29, 0.717) is 0 Å². The lowest BCUT2D eigenvalue weighted by Crippen LogP contribution is -2.37. The molecule has 0 fully saturated rings. The first-order valence-corrected chi connectivity index (χ1v) is 9.39. The van der Waals surface area contributed by atoms with Gasteiger partial charge in [0.25, 0.3) is 0 Å². The van der Waals surface area contributed by atoms with Gasteiger partial charge in [0.05, 0.1) is 0 Å². The first kappa shape index (κ1) is 18.5. The average Bonchev–Trinajstić information content (AvgIpc) is 2.64. The summed E-state index contributed by atoms with van der Waals surface area (Å²) in [5.41, 5.74) is 3.80. The number of halogens is 2. The van der Waals surface area contributed by atoms with Crippen LogP contribution in [0.3, 0.4) is 0 Å². The van der Waals surface area contributed by atoms with Gasteiger partial charge in [-0.2, -0.15) is 0 Å². The highest BCUT2D eigenvalue weighted by molar-refractivity contribution is 6.30. The van der Waals surface area contributed by atoms with Crippen molar-refractivity contribution in [3.63, 3.8) is 0 Å². The summed E-state index contributed by atoms with van der Waals surface area (Å²) in [7, 11) is 0. The van der Waals surface area contributed by atoms with Crippen molar-refractivity contribution in [3.05, 3.63) is 75.8 Å². The van der Waals surface area contributed by atoms with Crippen molar-refractivity contribution in [2.24, 2.45) is 5.92 Å². The summed E-state index contributed by atoms with van der Waals surface area (Å²) in [5.74, 6) is 0.159. The van der Waals surface area contributed by atoms with Gasteiger partial charge in [0, 0.05) is 35.8 Å². The molecule has 1 heterocycles. The third kappa shape index (κ3) is 4.45. The SMILES string of the molecule is CC(CO)C(c1ccc(Cl)cc1)N1CC=C(c2ccc(Cl)cc2)CC1. The van der Waals surface area contributed by atoms with E-state index in [1.165, 1.54) is 16.7 Å². The lowest BCUT2D eigenvalue weighted by atomic mass is 9.91. The van der Waals surface area contributed by atoms with E-state index in [0.717, 1.165) is 29.6 Å². The van der Waals surface area contributed by atoms with Crippen LogP contribution in [0.2, 0.25) is 10.0 Å². The zero-order chi connectivity index (χ0) is 17.8. The second-order valence-corrected chi connectivity index (χ2v) is 7.51. The fourth-order valence-electron chi connectivity index (χ4n) is 3.52. The van der Waals surface area contributed by atoms with Crippen molar-refractivity contribution in [2.75, 3.05) is 19.7 Å². The van der Waals surface area contributed by atoms with Gasteiger partial charge in [-0.15, -0.1) is 0 Å². The number of nitrogens with zero attached hydrogens (tertiary/aromatic N) is 1. The Morgan fingerprint density at radius 1 is 1.00 bits per heavy atom. The molecule has 0 amide bonds. The molecule has 2 atom stereocenters. The molecule has 0 aromatic heterocycles. The van der Waals surface area contributed by atoms with Crippen molar-refractivity contribution in [3.8, 4) is 0 Å². The second kappa shape index (κ2) is 8.37. The Labute approximate surface area is 159 Å².